The molecule has 14 heteroatoms. The predicted molar refractivity (Wildman–Crippen MR) is 168 cm³/mol. The maximum Gasteiger partial charge on any atom is 0.417 e. The van der Waals surface area contributed by atoms with Crippen LogP contribution in [0.2, 0.25) is 0 Å². The highest BCUT2D eigenvalue weighted by Gasteiger charge is 2.49. The molecule has 9 rings (SSSR count). The van der Waals surface area contributed by atoms with Crippen LogP contribution >= 0.6 is 0 Å². The van der Waals surface area contributed by atoms with E-state index in [0.29, 0.717) is 25.7 Å². The van der Waals surface area contributed by atoms with Crippen molar-refractivity contribution in [2.24, 2.45) is 5.41 Å². The molecule has 4 saturated heterocycles. The van der Waals surface area contributed by atoms with Gasteiger partial charge in [0.2, 0.25) is 0 Å². The minimum absolute atomic E-state index is 0.0883. The molecule has 1 aliphatic carbocycles. The molecule has 3 aromatic carbocycles. The Morgan fingerprint density at radius 3 is 2.45 bits per heavy atom. The molecule has 4 bridgehead atoms. The molecule has 5 aliphatic rings. The molecule has 258 valence electrons. The molecule has 5 fully saturated rings. The number of rotatable bonds is 7. The predicted octanol–water partition coefficient (Wildman–Crippen LogP) is 6.16. The molecule has 49 heavy (non-hydrogen) atoms. The van der Waals surface area contributed by atoms with Crippen LogP contribution in [-0.4, -0.2) is 83.6 Å². The van der Waals surface area contributed by atoms with E-state index >= 15 is 8.78 Å². The van der Waals surface area contributed by atoms with E-state index in [-0.39, 0.29) is 52.8 Å². The van der Waals surface area contributed by atoms with Crippen molar-refractivity contribution >= 4 is 27.5 Å². The van der Waals surface area contributed by atoms with Crippen LogP contribution in [0.25, 0.3) is 32.8 Å². The van der Waals surface area contributed by atoms with Crippen molar-refractivity contribution in [1.82, 2.24) is 20.2 Å². The van der Waals surface area contributed by atoms with E-state index in [4.69, 9.17) is 9.47 Å². The van der Waals surface area contributed by atoms with Gasteiger partial charge in [-0.15, -0.1) is 0 Å². The first kappa shape index (κ1) is 31.1. The van der Waals surface area contributed by atoms with Crippen molar-refractivity contribution in [1.29, 1.82) is 0 Å². The standard InChI is InChI=1S/C35H33F6N5O3/c36-26-4-1-17-7-21(47)9-23(27(17)29(26)37)28-25(35(39,40)41)10-24-31(30(28)38)43-33(44-32(24)45-11-18-2-3-19(12-45)42-18)49-16-34(5-6-34)15-46-13-22-8-20(46)14-48-22/h1,4,7,9-10,18-20,22,42,47H,2-3,5-6,8,11-16H2/t18?,19?,20-,22-/m1/s1. The molecular weight excluding hydrogens is 652 g/mol. The molecule has 1 saturated carbocycles. The fourth-order valence-corrected chi connectivity index (χ4v) is 8.38. The minimum Gasteiger partial charge on any atom is -0.508 e. The Bertz CT molecular complexity index is 1990. The minimum atomic E-state index is -5.13. The van der Waals surface area contributed by atoms with Crippen molar-refractivity contribution in [3.63, 3.8) is 0 Å². The van der Waals surface area contributed by atoms with Crippen LogP contribution in [0.1, 0.15) is 37.7 Å². The number of hydrogen-bond donors (Lipinski definition) is 2. The number of aromatic hydroxyl groups is 1. The zero-order chi connectivity index (χ0) is 33.8. The summed E-state index contributed by atoms with van der Waals surface area (Å²) in [5.74, 6) is -4.62. The van der Waals surface area contributed by atoms with E-state index < -0.39 is 57.0 Å². The van der Waals surface area contributed by atoms with Gasteiger partial charge in [0.05, 0.1) is 24.9 Å². The molecule has 4 aliphatic heterocycles. The molecule has 4 aromatic rings. The van der Waals surface area contributed by atoms with Crippen LogP contribution in [0.5, 0.6) is 11.8 Å². The van der Waals surface area contributed by atoms with Crippen LogP contribution in [0.3, 0.4) is 0 Å². The monoisotopic (exact) mass is 685 g/mol. The van der Waals surface area contributed by atoms with Gasteiger partial charge in [-0.3, -0.25) is 4.90 Å². The summed E-state index contributed by atoms with van der Waals surface area (Å²) in [6, 6.07) is 4.94. The van der Waals surface area contributed by atoms with Gasteiger partial charge in [0.25, 0.3) is 0 Å². The summed E-state index contributed by atoms with van der Waals surface area (Å²) in [4.78, 5) is 13.2. The van der Waals surface area contributed by atoms with Crippen LogP contribution < -0.4 is 15.0 Å². The summed E-state index contributed by atoms with van der Waals surface area (Å²) < 4.78 is 103. The zero-order valence-electron chi connectivity index (χ0n) is 26.3. The number of halogens is 6. The lowest BCUT2D eigenvalue weighted by molar-refractivity contribution is -0.137. The summed E-state index contributed by atoms with van der Waals surface area (Å²) in [6.45, 7) is 3.50. The van der Waals surface area contributed by atoms with E-state index in [1.54, 1.807) is 0 Å². The summed E-state index contributed by atoms with van der Waals surface area (Å²) in [6.07, 6.45) is -0.258. The number of ether oxygens (including phenoxy) is 2. The Balaban J connectivity index is 1.19. The number of morpholine rings is 1. The number of alkyl halides is 3. The molecule has 1 aromatic heterocycles. The highest BCUT2D eigenvalue weighted by molar-refractivity contribution is 6.03. The first-order valence-corrected chi connectivity index (χ1v) is 16.7. The highest BCUT2D eigenvalue weighted by Crippen LogP contribution is 2.49. The third kappa shape index (κ3) is 5.34. The van der Waals surface area contributed by atoms with Crippen LogP contribution in [-0.2, 0) is 10.9 Å². The molecule has 0 radical (unpaired) electrons. The Labute approximate surface area is 277 Å². The van der Waals surface area contributed by atoms with Gasteiger partial charge in [0, 0.05) is 66.1 Å². The Kier molecular flexibility index (Phi) is 7.03. The molecule has 2 unspecified atom stereocenters. The van der Waals surface area contributed by atoms with E-state index in [1.165, 1.54) is 0 Å². The van der Waals surface area contributed by atoms with E-state index in [9.17, 15) is 22.7 Å². The number of hydrogen-bond acceptors (Lipinski definition) is 8. The van der Waals surface area contributed by atoms with Gasteiger partial charge in [-0.05, 0) is 67.3 Å². The number of phenolic OH excluding ortho intramolecular Hbond substituents is 1. The van der Waals surface area contributed by atoms with Crippen LogP contribution in [0.4, 0.5) is 32.2 Å². The average molecular weight is 686 g/mol. The Morgan fingerprint density at radius 1 is 1.00 bits per heavy atom. The second kappa shape index (κ2) is 11.1. The smallest absolute Gasteiger partial charge is 0.417 e. The van der Waals surface area contributed by atoms with Crippen LogP contribution in [0, 0.1) is 22.9 Å². The fraction of sp³-hybridized carbons (Fsp3) is 0.486. The molecular formula is C35H33F6N5O3. The number of benzene rings is 3. The maximum absolute atomic E-state index is 17.0. The first-order chi connectivity index (χ1) is 23.4. The van der Waals surface area contributed by atoms with Crippen molar-refractivity contribution in [2.75, 3.05) is 44.3 Å². The number of likely N-dealkylation sites (tertiary alicyclic amines) is 1. The largest absolute Gasteiger partial charge is 0.508 e. The SMILES string of the molecule is Oc1cc(-c2c(C(F)(F)F)cc3c(N4CC5CCC(C4)N5)nc(OCC4(CN5C[C@H]6C[C@@H]5CO6)CC4)nc3c2F)c2c(F)c(F)ccc2c1. The van der Waals surface area contributed by atoms with Crippen molar-refractivity contribution in [3.05, 3.63) is 53.3 Å². The average Bonchev–Trinajstić information content (AvgIpc) is 3.32. The van der Waals surface area contributed by atoms with Crippen molar-refractivity contribution < 1.29 is 40.9 Å². The molecule has 0 amide bonds. The Hall–Kier alpha value is -3.88. The van der Waals surface area contributed by atoms with Gasteiger partial charge in [-0.25, -0.2) is 13.2 Å². The van der Waals surface area contributed by atoms with Gasteiger partial charge >= 0.3 is 12.2 Å². The first-order valence-electron chi connectivity index (χ1n) is 16.7. The second-order valence-corrected chi connectivity index (χ2v) is 14.4. The van der Waals surface area contributed by atoms with Crippen molar-refractivity contribution in [3.8, 4) is 22.9 Å². The summed E-state index contributed by atoms with van der Waals surface area (Å²) in [5.41, 5.74) is -3.72. The number of nitrogens with zero attached hydrogens (tertiary/aromatic N) is 4. The zero-order valence-corrected chi connectivity index (χ0v) is 26.3. The lowest BCUT2D eigenvalue weighted by atomic mass is 9.91. The second-order valence-electron chi connectivity index (χ2n) is 14.4. The van der Waals surface area contributed by atoms with Crippen LogP contribution in [0.15, 0.2) is 30.3 Å². The lowest BCUT2D eigenvalue weighted by Crippen LogP contribution is -2.51. The quantitative estimate of drug-likeness (QED) is 0.224. The fourth-order valence-electron chi connectivity index (χ4n) is 8.38. The summed E-state index contributed by atoms with van der Waals surface area (Å²) in [5, 5.41) is 13.1. The molecule has 4 atom stereocenters. The number of anilines is 1. The number of phenols is 1. The van der Waals surface area contributed by atoms with Crippen molar-refractivity contribution in [2.45, 2.75) is 62.5 Å². The molecule has 5 heterocycles. The van der Waals surface area contributed by atoms with Gasteiger partial charge in [0.15, 0.2) is 17.5 Å². The normalized spacial score (nSPS) is 26.0. The van der Waals surface area contributed by atoms with E-state index in [2.05, 4.69) is 20.2 Å². The van der Waals surface area contributed by atoms with Gasteiger partial charge < -0.3 is 24.8 Å². The lowest BCUT2D eigenvalue weighted by Gasteiger charge is -2.34. The Morgan fingerprint density at radius 2 is 1.78 bits per heavy atom. The van der Waals surface area contributed by atoms with E-state index in [0.717, 1.165) is 75.5 Å². The van der Waals surface area contributed by atoms with Gasteiger partial charge in [-0.2, -0.15) is 23.1 Å². The van der Waals surface area contributed by atoms with Gasteiger partial charge in [-0.1, -0.05) is 6.07 Å². The third-order valence-corrected chi connectivity index (χ3v) is 11.0. The number of nitrogens with one attached hydrogen (secondary N) is 1. The number of fused-ring (bicyclic) bond motifs is 6. The topological polar surface area (TPSA) is 83.0 Å². The molecule has 0 spiro atoms. The highest BCUT2D eigenvalue weighted by atomic mass is 19.4. The van der Waals surface area contributed by atoms with E-state index in [1.807, 2.05) is 4.90 Å². The molecule has 2 N–H and O–H groups in total. The number of piperazine rings is 1. The maximum atomic E-state index is 17.0. The summed E-state index contributed by atoms with van der Waals surface area (Å²) in [7, 11) is 0. The molecule has 8 nitrogen and oxygen atoms in total. The summed E-state index contributed by atoms with van der Waals surface area (Å²) >= 11 is 0. The third-order valence-electron chi connectivity index (χ3n) is 11.0. The van der Waals surface area contributed by atoms with Gasteiger partial charge in [0.1, 0.15) is 17.1 Å². The number of aromatic nitrogens is 2.